The summed E-state index contributed by atoms with van der Waals surface area (Å²) in [5.74, 6) is 1.89. The van der Waals surface area contributed by atoms with Gasteiger partial charge in [-0.1, -0.05) is 12.8 Å². The highest BCUT2D eigenvalue weighted by Gasteiger charge is 2.23. The molecule has 1 aliphatic heterocycles. The summed E-state index contributed by atoms with van der Waals surface area (Å²) >= 11 is 1.63. The summed E-state index contributed by atoms with van der Waals surface area (Å²) in [6.45, 7) is 5.30. The van der Waals surface area contributed by atoms with Gasteiger partial charge in [-0.15, -0.1) is 0 Å². The van der Waals surface area contributed by atoms with Gasteiger partial charge < -0.3 is 4.90 Å². The molecule has 0 aromatic heterocycles. The first-order valence-corrected chi connectivity index (χ1v) is 8.18. The molecule has 0 atom stereocenters. The Balaban J connectivity index is 1.68. The molecule has 0 bridgehead atoms. The van der Waals surface area contributed by atoms with Gasteiger partial charge >= 0.3 is 0 Å². The zero-order chi connectivity index (χ0) is 12.1. The van der Waals surface area contributed by atoms with Crippen molar-refractivity contribution in [2.75, 3.05) is 44.7 Å². The molecule has 0 aromatic rings. The van der Waals surface area contributed by atoms with Crippen LogP contribution in [0.25, 0.3) is 0 Å². The molecule has 2 rings (SSSR count). The van der Waals surface area contributed by atoms with E-state index in [-0.39, 0.29) is 0 Å². The molecule has 1 saturated heterocycles. The monoisotopic (exact) mass is 256 g/mol. The molecule has 0 unspecified atom stereocenters. The maximum Gasteiger partial charge on any atom is 0.232 e. The standard InChI is InChI=1S/C13H24N2OS/c1-17-11-13(16)15-8-6-14(7-9-15)10-12-4-2-3-5-12/h12H,2-11H2,1H3. The summed E-state index contributed by atoms with van der Waals surface area (Å²) in [6.07, 6.45) is 7.69. The summed E-state index contributed by atoms with van der Waals surface area (Å²) in [5, 5.41) is 0. The quantitative estimate of drug-likeness (QED) is 0.765. The lowest BCUT2D eigenvalue weighted by Gasteiger charge is -2.35. The lowest BCUT2D eigenvalue weighted by atomic mass is 10.1. The van der Waals surface area contributed by atoms with Gasteiger partial charge in [0.15, 0.2) is 0 Å². The smallest absolute Gasteiger partial charge is 0.232 e. The summed E-state index contributed by atoms with van der Waals surface area (Å²) in [4.78, 5) is 16.3. The van der Waals surface area contributed by atoms with Crippen molar-refractivity contribution in [1.29, 1.82) is 0 Å². The Labute approximate surface area is 109 Å². The number of nitrogens with zero attached hydrogens (tertiary/aromatic N) is 2. The first-order valence-electron chi connectivity index (χ1n) is 6.78. The molecule has 98 valence electrons. The van der Waals surface area contributed by atoms with Crippen LogP contribution in [-0.2, 0) is 4.79 Å². The molecular weight excluding hydrogens is 232 g/mol. The van der Waals surface area contributed by atoms with Crippen LogP contribution in [0.4, 0.5) is 0 Å². The van der Waals surface area contributed by atoms with Crippen LogP contribution >= 0.6 is 11.8 Å². The Morgan fingerprint density at radius 3 is 2.41 bits per heavy atom. The van der Waals surface area contributed by atoms with E-state index < -0.39 is 0 Å². The number of hydrogen-bond donors (Lipinski definition) is 0. The lowest BCUT2D eigenvalue weighted by Crippen LogP contribution is -2.50. The van der Waals surface area contributed by atoms with Crippen molar-refractivity contribution in [2.24, 2.45) is 5.92 Å². The largest absolute Gasteiger partial charge is 0.339 e. The van der Waals surface area contributed by atoms with Crippen LogP contribution in [0.5, 0.6) is 0 Å². The molecule has 0 N–H and O–H groups in total. The van der Waals surface area contributed by atoms with E-state index in [4.69, 9.17) is 0 Å². The molecule has 0 aromatic carbocycles. The third-order valence-electron chi connectivity index (χ3n) is 3.98. The first kappa shape index (κ1) is 13.2. The van der Waals surface area contributed by atoms with Crippen LogP contribution in [-0.4, -0.2) is 60.4 Å². The Morgan fingerprint density at radius 2 is 1.82 bits per heavy atom. The van der Waals surface area contributed by atoms with Crippen LogP contribution in [0.3, 0.4) is 0 Å². The SMILES string of the molecule is CSCC(=O)N1CCN(CC2CCCC2)CC1. The molecule has 0 spiro atoms. The summed E-state index contributed by atoms with van der Waals surface area (Å²) < 4.78 is 0. The third-order valence-corrected chi connectivity index (χ3v) is 4.52. The minimum atomic E-state index is 0.318. The van der Waals surface area contributed by atoms with Crippen LogP contribution in [0.15, 0.2) is 0 Å². The van der Waals surface area contributed by atoms with Crippen molar-refractivity contribution >= 4 is 17.7 Å². The Morgan fingerprint density at radius 1 is 1.18 bits per heavy atom. The summed E-state index contributed by atoms with van der Waals surface area (Å²) in [7, 11) is 0. The lowest BCUT2D eigenvalue weighted by molar-refractivity contribution is -0.130. The number of amides is 1. The second-order valence-electron chi connectivity index (χ2n) is 5.26. The molecule has 1 amide bonds. The van der Waals surface area contributed by atoms with Crippen LogP contribution in [0.1, 0.15) is 25.7 Å². The highest BCUT2D eigenvalue weighted by Crippen LogP contribution is 2.25. The highest BCUT2D eigenvalue weighted by molar-refractivity contribution is 7.99. The number of rotatable bonds is 4. The van der Waals surface area contributed by atoms with Crippen molar-refractivity contribution < 1.29 is 4.79 Å². The summed E-state index contributed by atoms with van der Waals surface area (Å²) in [6, 6.07) is 0. The minimum Gasteiger partial charge on any atom is -0.339 e. The maximum absolute atomic E-state index is 11.7. The number of carbonyl (C=O) groups excluding carboxylic acids is 1. The molecular formula is C13H24N2OS. The van der Waals surface area contributed by atoms with E-state index in [2.05, 4.69) is 4.90 Å². The van der Waals surface area contributed by atoms with E-state index in [0.29, 0.717) is 11.7 Å². The molecule has 3 nitrogen and oxygen atoms in total. The van der Waals surface area contributed by atoms with E-state index in [0.717, 1.165) is 32.1 Å². The Hall–Kier alpha value is -0.220. The minimum absolute atomic E-state index is 0.318. The van der Waals surface area contributed by atoms with Gasteiger partial charge in [0.1, 0.15) is 0 Å². The molecule has 2 fully saturated rings. The van der Waals surface area contributed by atoms with E-state index in [1.807, 2.05) is 11.2 Å². The molecule has 1 saturated carbocycles. The van der Waals surface area contributed by atoms with Crippen molar-refractivity contribution in [3.8, 4) is 0 Å². The predicted octanol–water partition coefficient (Wildman–Crippen LogP) is 1.68. The number of hydrogen-bond acceptors (Lipinski definition) is 3. The van der Waals surface area contributed by atoms with Gasteiger partial charge in [0.25, 0.3) is 0 Å². The molecule has 1 aliphatic carbocycles. The van der Waals surface area contributed by atoms with Gasteiger partial charge in [0, 0.05) is 32.7 Å². The zero-order valence-electron chi connectivity index (χ0n) is 10.9. The van der Waals surface area contributed by atoms with Crippen LogP contribution < -0.4 is 0 Å². The molecule has 0 radical (unpaired) electrons. The van der Waals surface area contributed by atoms with E-state index in [9.17, 15) is 4.79 Å². The number of piperazine rings is 1. The average molecular weight is 256 g/mol. The Kier molecular flexibility index (Phi) is 5.16. The van der Waals surface area contributed by atoms with Crippen molar-refractivity contribution in [2.45, 2.75) is 25.7 Å². The fraction of sp³-hybridized carbons (Fsp3) is 0.923. The predicted molar refractivity (Wildman–Crippen MR) is 73.4 cm³/mol. The molecule has 2 aliphatic rings. The van der Waals surface area contributed by atoms with Crippen LogP contribution in [0, 0.1) is 5.92 Å². The maximum atomic E-state index is 11.7. The van der Waals surface area contributed by atoms with Gasteiger partial charge in [-0.2, -0.15) is 11.8 Å². The van der Waals surface area contributed by atoms with Gasteiger partial charge in [-0.3, -0.25) is 9.69 Å². The zero-order valence-corrected chi connectivity index (χ0v) is 11.7. The van der Waals surface area contributed by atoms with Crippen LogP contribution in [0.2, 0.25) is 0 Å². The van der Waals surface area contributed by atoms with Gasteiger partial charge in [0.05, 0.1) is 5.75 Å². The second kappa shape index (κ2) is 6.64. The van der Waals surface area contributed by atoms with E-state index in [1.54, 1.807) is 11.8 Å². The molecule has 1 heterocycles. The highest BCUT2D eigenvalue weighted by atomic mass is 32.2. The van der Waals surface area contributed by atoms with Gasteiger partial charge in [-0.05, 0) is 25.0 Å². The summed E-state index contributed by atoms with van der Waals surface area (Å²) in [5.41, 5.74) is 0. The van der Waals surface area contributed by atoms with E-state index >= 15 is 0 Å². The van der Waals surface area contributed by atoms with Crippen molar-refractivity contribution in [1.82, 2.24) is 9.80 Å². The second-order valence-corrected chi connectivity index (χ2v) is 6.13. The average Bonchev–Trinajstić information content (AvgIpc) is 2.83. The molecule has 17 heavy (non-hydrogen) atoms. The third kappa shape index (κ3) is 3.88. The Bertz CT molecular complexity index is 246. The van der Waals surface area contributed by atoms with Crippen molar-refractivity contribution in [3.05, 3.63) is 0 Å². The fourth-order valence-corrected chi connectivity index (χ4v) is 3.38. The van der Waals surface area contributed by atoms with E-state index in [1.165, 1.54) is 32.2 Å². The van der Waals surface area contributed by atoms with Gasteiger partial charge in [-0.25, -0.2) is 0 Å². The first-order chi connectivity index (χ1) is 8.29. The van der Waals surface area contributed by atoms with Gasteiger partial charge in [0.2, 0.25) is 5.91 Å². The number of carbonyl (C=O) groups is 1. The number of thioether (sulfide) groups is 1. The molecule has 4 heteroatoms. The van der Waals surface area contributed by atoms with Crippen molar-refractivity contribution in [3.63, 3.8) is 0 Å². The topological polar surface area (TPSA) is 23.6 Å². The normalized spacial score (nSPS) is 23.2. The fourth-order valence-electron chi connectivity index (χ4n) is 2.95.